The van der Waals surface area contributed by atoms with Crippen molar-refractivity contribution >= 4 is 28.1 Å². The van der Waals surface area contributed by atoms with E-state index in [0.717, 1.165) is 26.6 Å². The number of nitrogens with zero attached hydrogens (tertiary/aromatic N) is 1. The van der Waals surface area contributed by atoms with Gasteiger partial charge < -0.3 is 24.5 Å². The van der Waals surface area contributed by atoms with Crippen LogP contribution in [0.2, 0.25) is 0 Å². The van der Waals surface area contributed by atoms with Crippen LogP contribution in [0, 0.1) is 13.8 Å². The number of methoxy groups -OCH3 is 2. The van der Waals surface area contributed by atoms with Gasteiger partial charge in [-0.15, -0.1) is 11.3 Å². The first-order valence-corrected chi connectivity index (χ1v) is 11.2. The Morgan fingerprint density at radius 3 is 2.61 bits per heavy atom. The Morgan fingerprint density at radius 1 is 1.09 bits per heavy atom. The largest absolute Gasteiger partial charge is 0.497 e. The molecule has 8 heteroatoms. The highest BCUT2D eigenvalue weighted by atomic mass is 32.1. The van der Waals surface area contributed by atoms with Crippen molar-refractivity contribution in [3.63, 3.8) is 0 Å². The van der Waals surface area contributed by atoms with Crippen molar-refractivity contribution in [2.75, 3.05) is 24.9 Å². The van der Waals surface area contributed by atoms with E-state index >= 15 is 0 Å². The number of pyridine rings is 1. The highest BCUT2D eigenvalue weighted by molar-refractivity contribution is 7.16. The lowest BCUT2D eigenvalue weighted by atomic mass is 9.95. The standard InChI is InChI=1S/C25H25N3O4S/c1-15-16(2)33-25(28-24(29)19-8-7-13-32-19)22(15)23(27-21-9-5-6-12-26-21)18-11-10-17(30-3)14-20(18)31-4/h5-14,23H,1-4H3,(H,26,27)(H,28,29)/t23-/m1/s1. The van der Waals surface area contributed by atoms with Crippen molar-refractivity contribution in [3.05, 3.63) is 88.3 Å². The summed E-state index contributed by atoms with van der Waals surface area (Å²) in [7, 11) is 3.24. The molecule has 0 radical (unpaired) electrons. The number of aryl methyl sites for hydroxylation is 1. The van der Waals surface area contributed by atoms with Crippen molar-refractivity contribution < 1.29 is 18.7 Å². The van der Waals surface area contributed by atoms with E-state index in [2.05, 4.69) is 15.6 Å². The van der Waals surface area contributed by atoms with Crippen molar-refractivity contribution in [1.82, 2.24) is 4.98 Å². The summed E-state index contributed by atoms with van der Waals surface area (Å²) in [5, 5.41) is 7.29. The maximum atomic E-state index is 12.8. The van der Waals surface area contributed by atoms with Gasteiger partial charge in [0.2, 0.25) is 0 Å². The second-order valence-electron chi connectivity index (χ2n) is 7.36. The lowest BCUT2D eigenvalue weighted by Gasteiger charge is -2.24. The molecule has 2 N–H and O–H groups in total. The molecule has 33 heavy (non-hydrogen) atoms. The highest BCUT2D eigenvalue weighted by Crippen LogP contribution is 2.43. The van der Waals surface area contributed by atoms with Gasteiger partial charge in [0.05, 0.1) is 26.5 Å². The van der Waals surface area contributed by atoms with Crippen LogP contribution in [0.1, 0.15) is 38.2 Å². The molecule has 1 amide bonds. The zero-order chi connectivity index (χ0) is 23.4. The molecule has 7 nitrogen and oxygen atoms in total. The van der Waals surface area contributed by atoms with Gasteiger partial charge in [-0.25, -0.2) is 4.98 Å². The summed E-state index contributed by atoms with van der Waals surface area (Å²) in [5.74, 6) is 2.00. The Balaban J connectivity index is 1.83. The number of furan rings is 1. The molecule has 1 atom stereocenters. The van der Waals surface area contributed by atoms with Crippen molar-refractivity contribution in [2.24, 2.45) is 0 Å². The second kappa shape index (κ2) is 9.79. The molecule has 0 bridgehead atoms. The Kier molecular flexibility index (Phi) is 6.65. The van der Waals surface area contributed by atoms with Gasteiger partial charge in [0, 0.05) is 28.3 Å². The van der Waals surface area contributed by atoms with Gasteiger partial charge in [0.15, 0.2) is 5.76 Å². The topological polar surface area (TPSA) is 85.6 Å². The van der Waals surface area contributed by atoms with Crippen molar-refractivity contribution in [1.29, 1.82) is 0 Å². The minimum Gasteiger partial charge on any atom is -0.497 e. The fraction of sp³-hybridized carbons (Fsp3) is 0.200. The molecule has 0 aliphatic rings. The van der Waals surface area contributed by atoms with Gasteiger partial charge in [-0.3, -0.25) is 4.79 Å². The molecule has 4 aromatic rings. The molecule has 3 aromatic heterocycles. The Hall–Kier alpha value is -3.78. The smallest absolute Gasteiger partial charge is 0.291 e. The zero-order valence-corrected chi connectivity index (χ0v) is 19.7. The summed E-state index contributed by atoms with van der Waals surface area (Å²) in [6.07, 6.45) is 3.21. The molecule has 0 fully saturated rings. The first kappa shape index (κ1) is 22.4. The predicted molar refractivity (Wildman–Crippen MR) is 130 cm³/mol. The number of nitrogens with one attached hydrogen (secondary N) is 2. The fourth-order valence-electron chi connectivity index (χ4n) is 3.62. The summed E-state index contributed by atoms with van der Waals surface area (Å²) >= 11 is 1.52. The molecule has 170 valence electrons. The molecule has 3 heterocycles. The molecular weight excluding hydrogens is 438 g/mol. The number of anilines is 2. The van der Waals surface area contributed by atoms with Gasteiger partial charge >= 0.3 is 0 Å². The number of carbonyl (C=O) groups excluding carboxylic acids is 1. The Bertz CT molecular complexity index is 1240. The van der Waals surface area contributed by atoms with Gasteiger partial charge in [0.1, 0.15) is 22.3 Å². The number of hydrogen-bond donors (Lipinski definition) is 2. The molecule has 0 spiro atoms. The summed E-state index contributed by atoms with van der Waals surface area (Å²) in [5.41, 5.74) is 2.89. The third-order valence-corrected chi connectivity index (χ3v) is 6.54. The summed E-state index contributed by atoms with van der Waals surface area (Å²) in [6.45, 7) is 4.09. The zero-order valence-electron chi connectivity index (χ0n) is 18.8. The SMILES string of the molecule is COc1ccc([C@@H](Nc2ccccn2)c2c(NC(=O)c3ccco3)sc(C)c2C)c(OC)c1. The van der Waals surface area contributed by atoms with Crippen LogP contribution < -0.4 is 20.1 Å². The van der Waals surface area contributed by atoms with Crippen molar-refractivity contribution in [3.8, 4) is 11.5 Å². The summed E-state index contributed by atoms with van der Waals surface area (Å²) in [6, 6.07) is 14.4. The number of thiophene rings is 1. The Labute approximate surface area is 196 Å². The van der Waals surface area contributed by atoms with Crippen LogP contribution in [0.15, 0.2) is 65.4 Å². The molecule has 0 aliphatic heterocycles. The van der Waals surface area contributed by atoms with E-state index < -0.39 is 0 Å². The van der Waals surface area contributed by atoms with E-state index in [1.807, 2.05) is 50.2 Å². The predicted octanol–water partition coefficient (Wildman–Crippen LogP) is 5.82. The van der Waals surface area contributed by atoms with Crippen molar-refractivity contribution in [2.45, 2.75) is 19.9 Å². The maximum absolute atomic E-state index is 12.8. The minimum atomic E-state index is -0.349. The number of hydrogen-bond acceptors (Lipinski definition) is 7. The average molecular weight is 464 g/mol. The molecule has 0 aliphatic carbocycles. The molecule has 1 aromatic carbocycles. The van der Waals surface area contributed by atoms with Crippen LogP contribution >= 0.6 is 11.3 Å². The number of benzene rings is 1. The van der Waals surface area contributed by atoms with E-state index in [4.69, 9.17) is 13.9 Å². The Morgan fingerprint density at radius 2 is 1.94 bits per heavy atom. The summed E-state index contributed by atoms with van der Waals surface area (Å²) in [4.78, 5) is 18.3. The van der Waals surface area contributed by atoms with Gasteiger partial charge in [-0.1, -0.05) is 6.07 Å². The summed E-state index contributed by atoms with van der Waals surface area (Å²) < 4.78 is 16.4. The number of rotatable bonds is 8. The monoisotopic (exact) mass is 463 g/mol. The number of amides is 1. The second-order valence-corrected chi connectivity index (χ2v) is 8.58. The lowest BCUT2D eigenvalue weighted by molar-refractivity contribution is 0.0997. The van der Waals surface area contributed by atoms with E-state index in [9.17, 15) is 4.79 Å². The number of carbonyl (C=O) groups is 1. The number of ether oxygens (including phenoxy) is 2. The van der Waals surface area contributed by atoms with E-state index in [0.29, 0.717) is 17.3 Å². The van der Waals surface area contributed by atoms with Crippen LogP contribution in [0.4, 0.5) is 10.8 Å². The van der Waals surface area contributed by atoms with Crippen LogP contribution in [-0.2, 0) is 0 Å². The van der Waals surface area contributed by atoms with Gasteiger partial charge in [-0.05, 0) is 55.8 Å². The number of aromatic nitrogens is 1. The first-order chi connectivity index (χ1) is 16.0. The average Bonchev–Trinajstić information content (AvgIpc) is 3.47. The van der Waals surface area contributed by atoms with E-state index in [1.54, 1.807) is 32.5 Å². The fourth-order valence-corrected chi connectivity index (χ4v) is 4.71. The molecule has 0 saturated heterocycles. The van der Waals surface area contributed by atoms with Crippen LogP contribution in [-0.4, -0.2) is 25.1 Å². The van der Waals surface area contributed by atoms with E-state index in [1.165, 1.54) is 17.6 Å². The quantitative estimate of drug-likeness (QED) is 0.342. The van der Waals surface area contributed by atoms with Crippen LogP contribution in [0.5, 0.6) is 11.5 Å². The third kappa shape index (κ3) is 4.70. The molecule has 0 saturated carbocycles. The highest BCUT2D eigenvalue weighted by Gasteiger charge is 2.28. The van der Waals surface area contributed by atoms with Crippen LogP contribution in [0.25, 0.3) is 0 Å². The third-order valence-electron chi connectivity index (χ3n) is 5.40. The van der Waals surface area contributed by atoms with Gasteiger partial charge in [0.25, 0.3) is 5.91 Å². The lowest BCUT2D eigenvalue weighted by Crippen LogP contribution is -2.18. The minimum absolute atomic E-state index is 0.251. The molecule has 0 unspecified atom stereocenters. The maximum Gasteiger partial charge on any atom is 0.291 e. The molecular formula is C25H25N3O4S. The molecule has 4 rings (SSSR count). The first-order valence-electron chi connectivity index (χ1n) is 10.4. The van der Waals surface area contributed by atoms with Crippen LogP contribution in [0.3, 0.4) is 0 Å². The van der Waals surface area contributed by atoms with Gasteiger partial charge in [-0.2, -0.15) is 0 Å². The van der Waals surface area contributed by atoms with E-state index in [-0.39, 0.29) is 17.7 Å². The normalized spacial score (nSPS) is 11.6.